The molecule has 2 aliphatic rings. The van der Waals surface area contributed by atoms with E-state index in [0.29, 0.717) is 40.1 Å². The van der Waals surface area contributed by atoms with E-state index in [1.165, 1.54) is 50.5 Å². The summed E-state index contributed by atoms with van der Waals surface area (Å²) in [6.45, 7) is 9.78. The van der Waals surface area contributed by atoms with E-state index in [1.54, 1.807) is 26.4 Å². The van der Waals surface area contributed by atoms with Gasteiger partial charge in [0.1, 0.15) is 11.3 Å². The van der Waals surface area contributed by atoms with Crippen LogP contribution in [0, 0.1) is 29.1 Å². The van der Waals surface area contributed by atoms with Crippen molar-refractivity contribution in [2.75, 3.05) is 14.2 Å². The molecule has 2 aromatic rings. The first-order valence-electron chi connectivity index (χ1n) is 14.4. The molecule has 0 saturated heterocycles. The summed E-state index contributed by atoms with van der Waals surface area (Å²) >= 11 is 0. The van der Waals surface area contributed by atoms with Crippen molar-refractivity contribution in [3.8, 4) is 17.2 Å². The van der Waals surface area contributed by atoms with Gasteiger partial charge in [-0.05, 0) is 84.5 Å². The molecule has 6 unspecified atom stereocenters. The van der Waals surface area contributed by atoms with Crippen molar-refractivity contribution in [3.63, 3.8) is 0 Å². The normalized spacial score (nSPS) is 28.2. The summed E-state index contributed by atoms with van der Waals surface area (Å²) in [7, 11) is 3.26. The summed E-state index contributed by atoms with van der Waals surface area (Å²) < 4.78 is 17.1. The quantitative estimate of drug-likeness (QED) is 0.252. The predicted octanol–water partition coefficient (Wildman–Crippen LogP) is 8.69. The number of rotatable bonds is 9. The van der Waals surface area contributed by atoms with E-state index in [9.17, 15) is 4.79 Å². The average Bonchev–Trinajstić information content (AvgIpc) is 2.91. The number of esters is 1. The lowest BCUT2D eigenvalue weighted by molar-refractivity contribution is -0.0479. The summed E-state index contributed by atoms with van der Waals surface area (Å²) in [5.74, 6) is 4.53. The predicted molar refractivity (Wildman–Crippen MR) is 150 cm³/mol. The van der Waals surface area contributed by atoms with Crippen LogP contribution < -0.4 is 14.2 Å². The SMILES string of the molecule is CCC(C)CCC1C(C)CCC2C(c3cccc(C(=O)Oc4ccccc4OC)c3OC)CCCC12C. The highest BCUT2D eigenvalue weighted by Gasteiger charge is 2.51. The lowest BCUT2D eigenvalue weighted by atomic mass is 9.48. The van der Waals surface area contributed by atoms with Gasteiger partial charge >= 0.3 is 5.97 Å². The standard InChI is InChI=1S/C33H46O4/c1-7-22(2)17-19-27-23(3)18-20-28-24(14-11-21-33(27,28)4)25-12-10-13-26(31(25)36-6)32(34)37-30-16-9-8-15-29(30)35-5/h8-10,12-13,15-16,22-24,27-28H,7,11,14,17-21H2,1-6H3. The number of ether oxygens (including phenoxy) is 3. The third kappa shape index (κ3) is 5.54. The van der Waals surface area contributed by atoms with Gasteiger partial charge in [0.2, 0.25) is 0 Å². The highest BCUT2D eigenvalue weighted by atomic mass is 16.6. The second-order valence-electron chi connectivity index (χ2n) is 11.8. The van der Waals surface area contributed by atoms with E-state index in [-0.39, 0.29) is 0 Å². The molecule has 37 heavy (non-hydrogen) atoms. The number of benzene rings is 2. The Hall–Kier alpha value is -2.49. The second-order valence-corrected chi connectivity index (χ2v) is 11.8. The van der Waals surface area contributed by atoms with Crippen LogP contribution in [0.1, 0.15) is 101 Å². The van der Waals surface area contributed by atoms with Gasteiger partial charge in [0.05, 0.1) is 14.2 Å². The zero-order chi connectivity index (χ0) is 26.6. The van der Waals surface area contributed by atoms with Crippen molar-refractivity contribution in [1.29, 1.82) is 0 Å². The van der Waals surface area contributed by atoms with Crippen LogP contribution >= 0.6 is 0 Å². The molecule has 0 bridgehead atoms. The Morgan fingerprint density at radius 3 is 2.49 bits per heavy atom. The molecule has 2 fully saturated rings. The highest BCUT2D eigenvalue weighted by molar-refractivity contribution is 5.94. The van der Waals surface area contributed by atoms with Crippen LogP contribution in [-0.4, -0.2) is 20.2 Å². The van der Waals surface area contributed by atoms with Crippen LogP contribution in [0.25, 0.3) is 0 Å². The van der Waals surface area contributed by atoms with E-state index in [2.05, 4.69) is 33.8 Å². The van der Waals surface area contributed by atoms with Crippen molar-refractivity contribution < 1.29 is 19.0 Å². The molecule has 0 amide bonds. The molecule has 0 aromatic heterocycles. The fourth-order valence-corrected chi connectivity index (χ4v) is 7.58. The number of methoxy groups -OCH3 is 2. The maximum absolute atomic E-state index is 13.4. The molecule has 4 heteroatoms. The molecule has 4 nitrogen and oxygen atoms in total. The molecule has 2 aromatic carbocycles. The van der Waals surface area contributed by atoms with Crippen molar-refractivity contribution in [3.05, 3.63) is 53.6 Å². The fourth-order valence-electron chi connectivity index (χ4n) is 7.58. The van der Waals surface area contributed by atoms with Gasteiger partial charge in [-0.2, -0.15) is 0 Å². The molecule has 0 spiro atoms. The third-order valence-electron chi connectivity index (χ3n) is 9.84. The van der Waals surface area contributed by atoms with Crippen LogP contribution in [0.15, 0.2) is 42.5 Å². The molecule has 0 radical (unpaired) electrons. The molecule has 2 aliphatic carbocycles. The molecule has 0 heterocycles. The Balaban J connectivity index is 1.64. The minimum Gasteiger partial charge on any atom is -0.496 e. The number of hydrogen-bond donors (Lipinski definition) is 0. The molecular formula is C33H46O4. The van der Waals surface area contributed by atoms with Gasteiger partial charge in [-0.15, -0.1) is 0 Å². The smallest absolute Gasteiger partial charge is 0.347 e. The first-order chi connectivity index (χ1) is 17.8. The number of fused-ring (bicyclic) bond motifs is 1. The van der Waals surface area contributed by atoms with E-state index < -0.39 is 5.97 Å². The van der Waals surface area contributed by atoms with E-state index in [4.69, 9.17) is 14.2 Å². The molecule has 0 N–H and O–H groups in total. The molecule has 6 atom stereocenters. The van der Waals surface area contributed by atoms with E-state index in [0.717, 1.165) is 24.2 Å². The van der Waals surface area contributed by atoms with Crippen LogP contribution in [-0.2, 0) is 0 Å². The Morgan fingerprint density at radius 1 is 1.03 bits per heavy atom. The van der Waals surface area contributed by atoms with Gasteiger partial charge < -0.3 is 14.2 Å². The Bertz CT molecular complexity index is 1060. The maximum atomic E-state index is 13.4. The second kappa shape index (κ2) is 11.9. The van der Waals surface area contributed by atoms with Gasteiger partial charge in [0, 0.05) is 0 Å². The van der Waals surface area contributed by atoms with Gasteiger partial charge in [-0.25, -0.2) is 4.79 Å². The van der Waals surface area contributed by atoms with Crippen LogP contribution in [0.4, 0.5) is 0 Å². The van der Waals surface area contributed by atoms with Crippen molar-refractivity contribution >= 4 is 5.97 Å². The van der Waals surface area contributed by atoms with E-state index >= 15 is 0 Å². The largest absolute Gasteiger partial charge is 0.496 e. The van der Waals surface area contributed by atoms with Crippen LogP contribution in [0.5, 0.6) is 17.2 Å². The topological polar surface area (TPSA) is 44.8 Å². The number of hydrogen-bond acceptors (Lipinski definition) is 4. The zero-order valence-corrected chi connectivity index (χ0v) is 23.7. The van der Waals surface area contributed by atoms with Gasteiger partial charge in [0.25, 0.3) is 0 Å². The monoisotopic (exact) mass is 506 g/mol. The summed E-state index contributed by atoms with van der Waals surface area (Å²) in [5.41, 5.74) is 1.98. The Morgan fingerprint density at radius 2 is 1.78 bits per heavy atom. The van der Waals surface area contributed by atoms with Crippen LogP contribution in [0.3, 0.4) is 0 Å². The molecule has 202 valence electrons. The van der Waals surface area contributed by atoms with Crippen molar-refractivity contribution in [2.45, 2.75) is 85.0 Å². The van der Waals surface area contributed by atoms with Crippen molar-refractivity contribution in [2.24, 2.45) is 29.1 Å². The van der Waals surface area contributed by atoms with E-state index in [1.807, 2.05) is 24.3 Å². The highest BCUT2D eigenvalue weighted by Crippen LogP contribution is 2.61. The summed E-state index contributed by atoms with van der Waals surface area (Å²) in [4.78, 5) is 13.4. The van der Waals surface area contributed by atoms with Gasteiger partial charge in [0.15, 0.2) is 11.5 Å². The lowest BCUT2D eigenvalue weighted by Crippen LogP contribution is -2.47. The van der Waals surface area contributed by atoms with Crippen molar-refractivity contribution in [1.82, 2.24) is 0 Å². The fraction of sp³-hybridized carbons (Fsp3) is 0.606. The maximum Gasteiger partial charge on any atom is 0.347 e. The summed E-state index contributed by atoms with van der Waals surface area (Å²) in [6.07, 6.45) is 10.1. The average molecular weight is 507 g/mol. The zero-order valence-electron chi connectivity index (χ0n) is 23.7. The summed E-state index contributed by atoms with van der Waals surface area (Å²) in [6, 6.07) is 13.2. The van der Waals surface area contributed by atoms with Gasteiger partial charge in [-0.1, -0.05) is 77.6 Å². The molecular weight excluding hydrogens is 460 g/mol. The lowest BCUT2D eigenvalue weighted by Gasteiger charge is -2.56. The number of carbonyl (C=O) groups is 1. The Labute approximate surface area is 224 Å². The first-order valence-corrected chi connectivity index (χ1v) is 14.4. The summed E-state index contributed by atoms with van der Waals surface area (Å²) in [5, 5.41) is 0. The molecule has 0 aliphatic heterocycles. The van der Waals surface area contributed by atoms with Gasteiger partial charge in [-0.3, -0.25) is 0 Å². The molecule has 2 saturated carbocycles. The minimum atomic E-state index is -0.412. The number of carbonyl (C=O) groups excluding carboxylic acids is 1. The van der Waals surface area contributed by atoms with Crippen LogP contribution in [0.2, 0.25) is 0 Å². The molecule has 4 rings (SSSR count). The third-order valence-corrected chi connectivity index (χ3v) is 9.84. The Kier molecular flexibility index (Phi) is 8.87. The minimum absolute atomic E-state index is 0.326. The number of para-hydroxylation sites is 3. The first kappa shape index (κ1) is 27.5.